The van der Waals surface area contributed by atoms with Crippen LogP contribution >= 0.6 is 0 Å². The molecule has 0 spiro atoms. The van der Waals surface area contributed by atoms with Crippen LogP contribution in [0.3, 0.4) is 0 Å². The molecule has 1 aliphatic heterocycles. The molecule has 0 aliphatic carbocycles. The van der Waals surface area contributed by atoms with E-state index in [9.17, 15) is 9.18 Å². The third-order valence-corrected chi connectivity index (χ3v) is 4.60. The molecule has 1 heterocycles. The second-order valence-corrected chi connectivity index (χ2v) is 6.51. The molecule has 0 unspecified atom stereocenters. The molecule has 28 heavy (non-hydrogen) atoms. The highest BCUT2D eigenvalue weighted by atomic mass is 19.1. The minimum Gasteiger partial charge on any atom is -0.295 e. The lowest BCUT2D eigenvalue weighted by Gasteiger charge is -2.24. The zero-order valence-corrected chi connectivity index (χ0v) is 15.1. The quantitative estimate of drug-likeness (QED) is 0.658. The summed E-state index contributed by atoms with van der Waals surface area (Å²) in [5, 5.41) is 1.56. The monoisotopic (exact) mass is 370 g/mol. The first kappa shape index (κ1) is 17.7. The molecule has 3 aromatic rings. The highest BCUT2D eigenvalue weighted by Gasteiger charge is 2.29. The Morgan fingerprint density at radius 2 is 1.54 bits per heavy atom. The van der Waals surface area contributed by atoms with Crippen LogP contribution in [0.1, 0.15) is 22.7 Å². The Balaban J connectivity index is 1.63. The maximum Gasteiger partial charge on any atom is 0.265 e. The van der Waals surface area contributed by atoms with Gasteiger partial charge in [0, 0.05) is 6.08 Å². The van der Waals surface area contributed by atoms with Crippen LogP contribution in [-0.4, -0.2) is 10.9 Å². The van der Waals surface area contributed by atoms with Crippen LogP contribution in [0.2, 0.25) is 0 Å². The fourth-order valence-electron chi connectivity index (χ4n) is 3.16. The minimum atomic E-state index is -0.330. The first-order valence-electron chi connectivity index (χ1n) is 9.06. The van der Waals surface area contributed by atoms with Crippen LogP contribution in [0.25, 0.3) is 11.8 Å². The number of amides is 1. The van der Waals surface area contributed by atoms with E-state index < -0.39 is 0 Å². The average molecular weight is 370 g/mol. The Morgan fingerprint density at radius 3 is 2.21 bits per heavy atom. The summed E-state index contributed by atoms with van der Waals surface area (Å²) in [6.07, 6.45) is 5.31. The molecule has 1 aliphatic rings. The number of hydrogen-bond acceptors (Lipinski definition) is 2. The zero-order valence-electron chi connectivity index (χ0n) is 15.1. The van der Waals surface area contributed by atoms with Gasteiger partial charge in [-0.25, -0.2) is 9.40 Å². The number of rotatable bonds is 4. The van der Waals surface area contributed by atoms with E-state index in [1.165, 1.54) is 12.1 Å². The van der Waals surface area contributed by atoms with E-state index in [1.807, 2.05) is 66.7 Å². The first-order valence-corrected chi connectivity index (χ1v) is 9.06. The Labute approximate surface area is 163 Å². The van der Waals surface area contributed by atoms with Gasteiger partial charge in [-0.2, -0.15) is 0 Å². The summed E-state index contributed by atoms with van der Waals surface area (Å²) in [6.45, 7) is 0. The predicted octanol–water partition coefficient (Wildman–Crippen LogP) is 4.97. The normalized spacial score (nSPS) is 16.1. The van der Waals surface area contributed by atoms with E-state index in [-0.39, 0.29) is 17.8 Å². The second-order valence-electron chi connectivity index (χ2n) is 6.51. The number of benzene rings is 3. The fourth-order valence-corrected chi connectivity index (χ4v) is 3.16. The van der Waals surface area contributed by atoms with Gasteiger partial charge in [0.2, 0.25) is 0 Å². The van der Waals surface area contributed by atoms with Gasteiger partial charge >= 0.3 is 0 Å². The van der Waals surface area contributed by atoms with Gasteiger partial charge in [0.1, 0.15) is 5.82 Å². The number of nitrogens with one attached hydrogen (secondary N) is 1. The Hall–Kier alpha value is -3.66. The maximum atomic E-state index is 13.4. The van der Waals surface area contributed by atoms with Gasteiger partial charge in [-0.05, 0) is 41.0 Å². The Bertz CT molecular complexity index is 1010. The van der Waals surface area contributed by atoms with Gasteiger partial charge in [0.05, 0.1) is 11.7 Å². The molecule has 3 nitrogen and oxygen atoms in total. The van der Waals surface area contributed by atoms with Crippen molar-refractivity contribution in [2.45, 2.75) is 6.04 Å². The van der Waals surface area contributed by atoms with Crippen molar-refractivity contribution in [3.63, 3.8) is 0 Å². The number of nitrogens with zero attached hydrogens (tertiary/aromatic N) is 1. The van der Waals surface area contributed by atoms with E-state index in [4.69, 9.17) is 0 Å². The third kappa shape index (κ3) is 3.86. The fraction of sp³-hybridized carbons (Fsp3) is 0.0417. The average Bonchev–Trinajstić information content (AvgIpc) is 3.19. The molecule has 138 valence electrons. The van der Waals surface area contributed by atoms with Gasteiger partial charge in [-0.1, -0.05) is 72.8 Å². The number of carbonyl (C=O) groups is 1. The first-order chi connectivity index (χ1) is 13.7. The van der Waals surface area contributed by atoms with Crippen molar-refractivity contribution in [1.29, 1.82) is 0 Å². The van der Waals surface area contributed by atoms with Crippen molar-refractivity contribution < 1.29 is 9.18 Å². The largest absolute Gasteiger partial charge is 0.295 e. The topological polar surface area (TPSA) is 32.3 Å². The summed E-state index contributed by atoms with van der Waals surface area (Å²) in [5.74, 6) is -0.482. The maximum absolute atomic E-state index is 13.4. The number of carbonyl (C=O) groups excluding carboxylic acids is 1. The lowest BCUT2D eigenvalue weighted by molar-refractivity contribution is -0.129. The highest BCUT2D eigenvalue weighted by Crippen LogP contribution is 2.31. The Morgan fingerprint density at radius 1 is 0.893 bits per heavy atom. The summed E-state index contributed by atoms with van der Waals surface area (Å²) in [5.41, 5.74) is 6.82. The van der Waals surface area contributed by atoms with E-state index in [0.29, 0.717) is 0 Å². The van der Waals surface area contributed by atoms with Crippen LogP contribution in [0, 0.1) is 5.82 Å². The number of halogens is 1. The van der Waals surface area contributed by atoms with E-state index >= 15 is 0 Å². The Kier molecular flexibility index (Phi) is 5.02. The summed E-state index contributed by atoms with van der Waals surface area (Å²) in [4.78, 5) is 12.9. The molecule has 3 aromatic carbocycles. The molecule has 0 fully saturated rings. The molecule has 4 heteroatoms. The van der Waals surface area contributed by atoms with Gasteiger partial charge in [0.25, 0.3) is 5.91 Å². The van der Waals surface area contributed by atoms with E-state index in [1.54, 1.807) is 29.3 Å². The van der Waals surface area contributed by atoms with Crippen LogP contribution < -0.4 is 5.43 Å². The van der Waals surface area contributed by atoms with Crippen molar-refractivity contribution in [3.8, 4) is 0 Å². The molecule has 0 bridgehead atoms. The number of hydrazine groups is 1. The van der Waals surface area contributed by atoms with Crippen molar-refractivity contribution in [1.82, 2.24) is 10.4 Å². The van der Waals surface area contributed by atoms with Crippen molar-refractivity contribution in [3.05, 3.63) is 120 Å². The molecule has 0 saturated carbocycles. The summed E-state index contributed by atoms with van der Waals surface area (Å²) in [7, 11) is 0. The lowest BCUT2D eigenvalue weighted by Crippen LogP contribution is -2.38. The molecule has 1 N–H and O–H groups in total. The van der Waals surface area contributed by atoms with Crippen LogP contribution in [0.15, 0.2) is 97.1 Å². The SMILES string of the molecule is O=C(/C=C/c1ccccc1)N1NC(c2ccccc2)=C[C@H]1c1ccc(F)cc1. The number of hydrogen-bond donors (Lipinski definition) is 1. The molecular formula is C24H19FN2O. The lowest BCUT2D eigenvalue weighted by atomic mass is 10.0. The summed E-state index contributed by atoms with van der Waals surface area (Å²) >= 11 is 0. The molecular weight excluding hydrogens is 351 g/mol. The van der Waals surface area contributed by atoms with Crippen molar-refractivity contribution in [2.75, 3.05) is 0 Å². The molecule has 1 amide bonds. The van der Waals surface area contributed by atoms with Gasteiger partial charge in [-0.3, -0.25) is 10.2 Å². The molecule has 0 saturated heterocycles. The molecule has 0 radical (unpaired) electrons. The van der Waals surface area contributed by atoms with Gasteiger partial charge in [0.15, 0.2) is 0 Å². The van der Waals surface area contributed by atoms with E-state index in [0.717, 1.165) is 22.4 Å². The zero-order chi connectivity index (χ0) is 19.3. The predicted molar refractivity (Wildman–Crippen MR) is 109 cm³/mol. The summed E-state index contributed by atoms with van der Waals surface area (Å²) in [6, 6.07) is 25.4. The minimum absolute atomic E-state index is 0.180. The van der Waals surface area contributed by atoms with E-state index in [2.05, 4.69) is 5.43 Å². The standard InChI is InChI=1S/C24H19FN2O/c25-21-14-12-20(13-15-21)23-17-22(19-9-5-2-6-10-19)26-27(23)24(28)16-11-18-7-3-1-4-8-18/h1-17,23,26H/b16-11+/t23-/m0/s1. The van der Waals surface area contributed by atoms with Crippen molar-refractivity contribution in [2.24, 2.45) is 0 Å². The van der Waals surface area contributed by atoms with Crippen LogP contribution in [0.4, 0.5) is 4.39 Å². The van der Waals surface area contributed by atoms with Crippen LogP contribution in [-0.2, 0) is 4.79 Å². The third-order valence-electron chi connectivity index (χ3n) is 4.60. The molecule has 4 rings (SSSR count). The second kappa shape index (κ2) is 7.92. The summed E-state index contributed by atoms with van der Waals surface area (Å²) < 4.78 is 13.4. The highest BCUT2D eigenvalue weighted by molar-refractivity contribution is 5.93. The smallest absolute Gasteiger partial charge is 0.265 e. The molecule has 1 atom stereocenters. The van der Waals surface area contributed by atoms with Gasteiger partial charge < -0.3 is 0 Å². The van der Waals surface area contributed by atoms with Crippen molar-refractivity contribution >= 4 is 17.7 Å². The van der Waals surface area contributed by atoms with Crippen LogP contribution in [0.5, 0.6) is 0 Å². The van der Waals surface area contributed by atoms with Gasteiger partial charge in [-0.15, -0.1) is 0 Å². The molecule has 0 aromatic heterocycles.